The molecule has 144 valence electrons. The first-order valence-corrected chi connectivity index (χ1v) is 10.4. The molecule has 5 nitrogen and oxygen atoms in total. The Labute approximate surface area is 160 Å². The van der Waals surface area contributed by atoms with Crippen LogP contribution in [0.25, 0.3) is 0 Å². The molecule has 5 heteroatoms. The molecular weight excluding hydrogens is 340 g/mol. The number of ether oxygens (including phenoxy) is 1. The molecule has 1 spiro atoms. The van der Waals surface area contributed by atoms with Crippen molar-refractivity contribution >= 4 is 11.7 Å². The van der Waals surface area contributed by atoms with Crippen LogP contribution in [0.3, 0.4) is 0 Å². The number of benzene rings is 1. The molecule has 4 unspecified atom stereocenters. The molecule has 27 heavy (non-hydrogen) atoms. The Hall–Kier alpha value is -1.88. The second-order valence-electron chi connectivity index (χ2n) is 8.78. The van der Waals surface area contributed by atoms with E-state index in [4.69, 9.17) is 4.74 Å². The van der Waals surface area contributed by atoms with Gasteiger partial charge in [-0.05, 0) is 44.4 Å². The summed E-state index contributed by atoms with van der Waals surface area (Å²) in [6.45, 7) is 8.82. The van der Waals surface area contributed by atoms with Crippen LogP contribution < -0.4 is 4.74 Å². The van der Waals surface area contributed by atoms with Gasteiger partial charge in [-0.3, -0.25) is 9.59 Å². The standard InChI is InChI=1S/C22H28N2O3/c1-3-23-8-10-24(11-9-23)21(26)19-15-6-7-22(20(15)19)13-17(25)16-12-14(2)4-5-18(16)27-22/h4-5,12,15,19-20H,3,6-11,13H2,1-2H3. The summed E-state index contributed by atoms with van der Waals surface area (Å²) in [7, 11) is 0. The number of rotatable bonds is 2. The van der Waals surface area contributed by atoms with Gasteiger partial charge < -0.3 is 14.5 Å². The second kappa shape index (κ2) is 6.06. The van der Waals surface area contributed by atoms with Crippen molar-refractivity contribution in [1.29, 1.82) is 0 Å². The number of hydrogen-bond acceptors (Lipinski definition) is 4. The van der Waals surface area contributed by atoms with Gasteiger partial charge in [0, 0.05) is 38.0 Å². The van der Waals surface area contributed by atoms with Gasteiger partial charge in [0.2, 0.25) is 5.91 Å². The zero-order chi connectivity index (χ0) is 18.8. The van der Waals surface area contributed by atoms with Crippen LogP contribution >= 0.6 is 0 Å². The lowest BCUT2D eigenvalue weighted by Crippen LogP contribution is -2.50. The minimum Gasteiger partial charge on any atom is -0.486 e. The molecule has 2 aliphatic heterocycles. The third kappa shape index (κ3) is 2.62. The Kier molecular flexibility index (Phi) is 3.87. The fraction of sp³-hybridized carbons (Fsp3) is 0.636. The quantitative estimate of drug-likeness (QED) is 0.805. The van der Waals surface area contributed by atoms with Gasteiger partial charge in [0.1, 0.15) is 11.4 Å². The van der Waals surface area contributed by atoms with Crippen LogP contribution in [0.2, 0.25) is 0 Å². The largest absolute Gasteiger partial charge is 0.486 e. The zero-order valence-corrected chi connectivity index (χ0v) is 16.2. The number of hydrogen-bond donors (Lipinski definition) is 0. The molecule has 1 aromatic rings. The highest BCUT2D eigenvalue weighted by Crippen LogP contribution is 2.66. The molecule has 3 fully saturated rings. The third-order valence-electron chi connectivity index (χ3n) is 7.30. The van der Waals surface area contributed by atoms with Crippen molar-refractivity contribution in [2.24, 2.45) is 17.8 Å². The number of Topliss-reactive ketones (excluding diaryl/α,β-unsaturated/α-hetero) is 1. The lowest BCUT2D eigenvalue weighted by atomic mass is 9.84. The zero-order valence-electron chi connectivity index (χ0n) is 16.2. The summed E-state index contributed by atoms with van der Waals surface area (Å²) in [6.07, 6.45) is 2.33. The van der Waals surface area contributed by atoms with Gasteiger partial charge in [-0.2, -0.15) is 0 Å². The van der Waals surface area contributed by atoms with E-state index in [0.29, 0.717) is 29.6 Å². The Balaban J connectivity index is 1.33. The van der Waals surface area contributed by atoms with Gasteiger partial charge >= 0.3 is 0 Å². The van der Waals surface area contributed by atoms with Gasteiger partial charge in [-0.25, -0.2) is 0 Å². The van der Waals surface area contributed by atoms with E-state index >= 15 is 0 Å². The number of aryl methyl sites for hydroxylation is 1. The van der Waals surface area contributed by atoms with Crippen LogP contribution in [0.5, 0.6) is 5.75 Å². The van der Waals surface area contributed by atoms with Crippen molar-refractivity contribution in [3.63, 3.8) is 0 Å². The number of carbonyl (C=O) groups is 2. The van der Waals surface area contributed by atoms with E-state index in [0.717, 1.165) is 51.1 Å². The lowest BCUT2D eigenvalue weighted by Gasteiger charge is -2.38. The fourth-order valence-electron chi connectivity index (χ4n) is 5.76. The molecule has 5 rings (SSSR count). The normalized spacial score (nSPS) is 35.0. The van der Waals surface area contributed by atoms with Gasteiger partial charge in [0.25, 0.3) is 0 Å². The molecule has 4 atom stereocenters. The molecule has 0 aromatic heterocycles. The summed E-state index contributed by atoms with van der Waals surface area (Å²) in [4.78, 5) is 30.4. The molecule has 4 aliphatic rings. The summed E-state index contributed by atoms with van der Waals surface area (Å²) in [5.41, 5.74) is 1.34. The highest BCUT2D eigenvalue weighted by Gasteiger charge is 2.71. The van der Waals surface area contributed by atoms with Crippen LogP contribution in [-0.2, 0) is 4.79 Å². The van der Waals surface area contributed by atoms with Gasteiger partial charge in [-0.1, -0.05) is 18.6 Å². The van der Waals surface area contributed by atoms with E-state index in [9.17, 15) is 9.59 Å². The summed E-state index contributed by atoms with van der Waals surface area (Å²) >= 11 is 0. The second-order valence-corrected chi connectivity index (χ2v) is 8.78. The van der Waals surface area contributed by atoms with Gasteiger partial charge in [0.15, 0.2) is 5.78 Å². The minimum atomic E-state index is -0.449. The first-order valence-electron chi connectivity index (χ1n) is 10.4. The van der Waals surface area contributed by atoms with Gasteiger partial charge in [-0.15, -0.1) is 0 Å². The molecule has 2 aliphatic carbocycles. The maximum Gasteiger partial charge on any atom is 0.226 e. The van der Waals surface area contributed by atoms with E-state index in [-0.39, 0.29) is 17.6 Å². The lowest BCUT2D eigenvalue weighted by molar-refractivity contribution is -0.136. The van der Waals surface area contributed by atoms with Crippen molar-refractivity contribution in [1.82, 2.24) is 9.80 Å². The third-order valence-corrected chi connectivity index (χ3v) is 7.30. The number of carbonyl (C=O) groups excluding carboxylic acids is 2. The van der Waals surface area contributed by atoms with E-state index < -0.39 is 5.60 Å². The molecule has 0 N–H and O–H groups in total. The van der Waals surface area contributed by atoms with Crippen LogP contribution in [-0.4, -0.2) is 59.8 Å². The number of nitrogens with zero attached hydrogens (tertiary/aromatic N) is 2. The van der Waals surface area contributed by atoms with Crippen LogP contribution in [0.4, 0.5) is 0 Å². The highest BCUT2D eigenvalue weighted by molar-refractivity contribution is 6.01. The van der Waals surface area contributed by atoms with Crippen LogP contribution in [0, 0.1) is 24.7 Å². The number of piperazine rings is 1. The SMILES string of the molecule is CCN1CCN(C(=O)C2C3CCC4(CC(=O)c5cc(C)ccc5O4)C32)CC1. The predicted molar refractivity (Wildman–Crippen MR) is 102 cm³/mol. The molecule has 1 amide bonds. The molecule has 2 saturated carbocycles. The summed E-state index contributed by atoms with van der Waals surface area (Å²) < 4.78 is 6.46. The summed E-state index contributed by atoms with van der Waals surface area (Å²) in [5, 5.41) is 0. The van der Waals surface area contributed by atoms with Crippen molar-refractivity contribution in [3.05, 3.63) is 29.3 Å². The van der Waals surface area contributed by atoms with Crippen molar-refractivity contribution in [3.8, 4) is 5.75 Å². The van der Waals surface area contributed by atoms with E-state index in [1.165, 1.54) is 0 Å². The molecule has 0 radical (unpaired) electrons. The Morgan fingerprint density at radius 3 is 2.78 bits per heavy atom. The number of ketones is 1. The maximum absolute atomic E-state index is 13.1. The van der Waals surface area contributed by atoms with E-state index in [2.05, 4.69) is 11.8 Å². The summed E-state index contributed by atoms with van der Waals surface area (Å²) in [6, 6.07) is 5.86. The van der Waals surface area contributed by atoms with Crippen molar-refractivity contribution in [2.45, 2.75) is 38.7 Å². The highest BCUT2D eigenvalue weighted by atomic mass is 16.5. The average Bonchev–Trinajstić information content (AvgIpc) is 3.32. The molecule has 2 heterocycles. The molecule has 1 aromatic carbocycles. The Morgan fingerprint density at radius 1 is 1.26 bits per heavy atom. The van der Waals surface area contributed by atoms with E-state index in [1.54, 1.807) is 0 Å². The van der Waals surface area contributed by atoms with Crippen molar-refractivity contribution < 1.29 is 14.3 Å². The van der Waals surface area contributed by atoms with Crippen LogP contribution in [0.15, 0.2) is 18.2 Å². The predicted octanol–water partition coefficient (Wildman–Crippen LogP) is 2.52. The smallest absolute Gasteiger partial charge is 0.226 e. The number of fused-ring (bicyclic) bond motifs is 3. The van der Waals surface area contributed by atoms with Gasteiger partial charge in [0.05, 0.1) is 12.0 Å². The molecular formula is C22H28N2O3. The Bertz CT molecular complexity index is 799. The molecule has 0 bridgehead atoms. The average molecular weight is 368 g/mol. The first kappa shape index (κ1) is 17.2. The monoisotopic (exact) mass is 368 g/mol. The van der Waals surface area contributed by atoms with Crippen molar-refractivity contribution in [2.75, 3.05) is 32.7 Å². The first-order chi connectivity index (χ1) is 13.0. The minimum absolute atomic E-state index is 0.0618. The molecule has 1 saturated heterocycles. The van der Waals surface area contributed by atoms with E-state index in [1.807, 2.05) is 30.0 Å². The Morgan fingerprint density at radius 2 is 2.04 bits per heavy atom. The topological polar surface area (TPSA) is 49.9 Å². The van der Waals surface area contributed by atoms with Crippen LogP contribution in [0.1, 0.15) is 42.1 Å². The number of amides is 1. The summed E-state index contributed by atoms with van der Waals surface area (Å²) in [5.74, 6) is 1.87. The maximum atomic E-state index is 13.1. The number of likely N-dealkylation sites (N-methyl/N-ethyl adjacent to an activating group) is 1. The fourth-order valence-corrected chi connectivity index (χ4v) is 5.76.